The molecule has 1 atom stereocenters. The second kappa shape index (κ2) is 5.09. The molecule has 20 heavy (non-hydrogen) atoms. The minimum absolute atomic E-state index is 0.159. The molecule has 2 fully saturated rings. The Kier molecular flexibility index (Phi) is 3.41. The van der Waals surface area contributed by atoms with Crippen molar-refractivity contribution in [2.24, 2.45) is 0 Å². The highest BCUT2D eigenvalue weighted by atomic mass is 16.2. The lowest BCUT2D eigenvalue weighted by atomic mass is 10.1. The van der Waals surface area contributed by atoms with E-state index in [1.54, 1.807) is 0 Å². The molecule has 0 aromatic carbocycles. The number of H-pyrrole nitrogens is 1. The summed E-state index contributed by atoms with van der Waals surface area (Å²) in [4.78, 5) is 14.7. The van der Waals surface area contributed by atoms with Gasteiger partial charge < -0.3 is 11.1 Å². The van der Waals surface area contributed by atoms with E-state index in [9.17, 15) is 4.79 Å². The van der Waals surface area contributed by atoms with Crippen molar-refractivity contribution in [2.75, 3.05) is 18.8 Å². The minimum Gasteiger partial charge on any atom is -0.395 e. The number of hydrogen-bond donors (Lipinski definition) is 3. The quantitative estimate of drug-likeness (QED) is 0.768. The average molecular weight is 277 g/mol. The van der Waals surface area contributed by atoms with Crippen molar-refractivity contribution >= 4 is 11.6 Å². The molecule has 4 N–H and O–H groups in total. The van der Waals surface area contributed by atoms with Crippen molar-refractivity contribution in [2.45, 2.75) is 51.1 Å². The van der Waals surface area contributed by atoms with Crippen molar-refractivity contribution in [3.63, 3.8) is 0 Å². The van der Waals surface area contributed by atoms with Gasteiger partial charge in [-0.2, -0.15) is 5.10 Å². The molecular formula is C14H23N5O. The SMILES string of the molecule is CC(C)c1[nH]nc(C(=O)NC2CCN(C3CC3)C2)c1N. The molecule has 1 amide bonds. The van der Waals surface area contributed by atoms with Gasteiger partial charge in [-0.25, -0.2) is 0 Å². The maximum Gasteiger partial charge on any atom is 0.274 e. The Morgan fingerprint density at radius 1 is 1.45 bits per heavy atom. The molecule has 6 heteroatoms. The molecular weight excluding hydrogens is 254 g/mol. The number of likely N-dealkylation sites (tertiary alicyclic amines) is 1. The van der Waals surface area contributed by atoms with E-state index in [0.717, 1.165) is 31.2 Å². The Labute approximate surface area is 119 Å². The van der Waals surface area contributed by atoms with Gasteiger partial charge in [-0.3, -0.25) is 14.8 Å². The Morgan fingerprint density at radius 2 is 2.20 bits per heavy atom. The smallest absolute Gasteiger partial charge is 0.274 e. The van der Waals surface area contributed by atoms with Crippen LogP contribution in [0.4, 0.5) is 5.69 Å². The molecule has 0 bridgehead atoms. The maximum atomic E-state index is 12.3. The van der Waals surface area contributed by atoms with Crippen LogP contribution in [0.15, 0.2) is 0 Å². The van der Waals surface area contributed by atoms with Crippen LogP contribution in [0.3, 0.4) is 0 Å². The molecule has 1 aromatic heterocycles. The molecule has 3 rings (SSSR count). The minimum atomic E-state index is -0.159. The van der Waals surface area contributed by atoms with Gasteiger partial charge >= 0.3 is 0 Å². The van der Waals surface area contributed by atoms with Crippen molar-refractivity contribution in [3.8, 4) is 0 Å². The third-order valence-corrected chi connectivity index (χ3v) is 4.24. The van der Waals surface area contributed by atoms with Crippen LogP contribution in [-0.2, 0) is 0 Å². The maximum absolute atomic E-state index is 12.3. The summed E-state index contributed by atoms with van der Waals surface area (Å²) in [5, 5.41) is 10.00. The van der Waals surface area contributed by atoms with E-state index < -0.39 is 0 Å². The lowest BCUT2D eigenvalue weighted by Crippen LogP contribution is -2.37. The number of carbonyl (C=O) groups excluding carboxylic acids is 1. The molecule has 1 saturated carbocycles. The van der Waals surface area contributed by atoms with Crippen LogP contribution in [-0.4, -0.2) is 46.2 Å². The van der Waals surface area contributed by atoms with E-state index in [0.29, 0.717) is 11.4 Å². The standard InChI is InChI=1S/C14H23N5O/c1-8(2)12-11(15)13(18-17-12)14(20)16-9-5-6-19(7-9)10-3-4-10/h8-10H,3-7,15H2,1-2H3,(H,16,20)(H,17,18). The number of rotatable bonds is 4. The summed E-state index contributed by atoms with van der Waals surface area (Å²) in [7, 11) is 0. The fourth-order valence-corrected chi connectivity index (χ4v) is 2.91. The predicted molar refractivity (Wildman–Crippen MR) is 77.6 cm³/mol. The molecule has 2 aliphatic rings. The lowest BCUT2D eigenvalue weighted by Gasteiger charge is -2.15. The number of nitrogen functional groups attached to an aromatic ring is 1. The monoisotopic (exact) mass is 277 g/mol. The van der Waals surface area contributed by atoms with Crippen molar-refractivity contribution < 1.29 is 4.79 Å². The Hall–Kier alpha value is -1.56. The van der Waals surface area contributed by atoms with Gasteiger partial charge in [0, 0.05) is 25.2 Å². The summed E-state index contributed by atoms with van der Waals surface area (Å²) in [5.41, 5.74) is 7.65. The van der Waals surface area contributed by atoms with Gasteiger partial charge in [0.15, 0.2) is 5.69 Å². The number of aromatic nitrogens is 2. The molecule has 110 valence electrons. The summed E-state index contributed by atoms with van der Waals surface area (Å²) in [5.74, 6) is 0.0779. The van der Waals surface area contributed by atoms with Crippen LogP contribution >= 0.6 is 0 Å². The van der Waals surface area contributed by atoms with Crippen molar-refractivity contribution in [1.82, 2.24) is 20.4 Å². The topological polar surface area (TPSA) is 87.0 Å². The third kappa shape index (κ3) is 2.52. The first-order chi connectivity index (χ1) is 9.56. The highest BCUT2D eigenvalue weighted by molar-refractivity contribution is 5.97. The van der Waals surface area contributed by atoms with Crippen molar-refractivity contribution in [1.29, 1.82) is 0 Å². The van der Waals surface area contributed by atoms with Gasteiger partial charge in [-0.05, 0) is 25.2 Å². The van der Waals surface area contributed by atoms with E-state index in [-0.39, 0.29) is 17.9 Å². The summed E-state index contributed by atoms with van der Waals surface area (Å²) in [6, 6.07) is 0.988. The van der Waals surface area contributed by atoms with E-state index >= 15 is 0 Å². The number of nitrogens with zero attached hydrogens (tertiary/aromatic N) is 2. The molecule has 6 nitrogen and oxygen atoms in total. The van der Waals surface area contributed by atoms with E-state index in [2.05, 4.69) is 20.4 Å². The summed E-state index contributed by atoms with van der Waals surface area (Å²) >= 11 is 0. The molecule has 2 heterocycles. The number of anilines is 1. The first-order valence-electron chi connectivity index (χ1n) is 7.45. The summed E-state index contributed by atoms with van der Waals surface area (Å²) in [6.45, 7) is 6.09. The average Bonchev–Trinajstić information content (AvgIpc) is 3.02. The molecule has 1 saturated heterocycles. The first-order valence-corrected chi connectivity index (χ1v) is 7.45. The second-order valence-corrected chi connectivity index (χ2v) is 6.24. The third-order valence-electron chi connectivity index (χ3n) is 4.24. The Bertz CT molecular complexity index is 506. The van der Waals surface area contributed by atoms with Crippen LogP contribution < -0.4 is 11.1 Å². The van der Waals surface area contributed by atoms with Crippen molar-refractivity contribution in [3.05, 3.63) is 11.4 Å². The second-order valence-electron chi connectivity index (χ2n) is 6.24. The number of nitrogens with two attached hydrogens (primary N) is 1. The summed E-state index contributed by atoms with van der Waals surface area (Å²) in [6.07, 6.45) is 3.64. The van der Waals surface area contributed by atoms with E-state index in [1.807, 2.05) is 13.8 Å². The summed E-state index contributed by atoms with van der Waals surface area (Å²) < 4.78 is 0. The van der Waals surface area contributed by atoms with Gasteiger partial charge in [0.2, 0.25) is 0 Å². The Morgan fingerprint density at radius 3 is 2.80 bits per heavy atom. The molecule has 1 unspecified atom stereocenters. The van der Waals surface area contributed by atoms with Crippen LogP contribution in [0.1, 0.15) is 55.2 Å². The number of carbonyl (C=O) groups is 1. The fraction of sp³-hybridized carbons (Fsp3) is 0.714. The van der Waals surface area contributed by atoms with Gasteiger partial charge in [-0.1, -0.05) is 13.8 Å². The van der Waals surface area contributed by atoms with Crippen LogP contribution in [0.25, 0.3) is 0 Å². The Balaban J connectivity index is 1.62. The van der Waals surface area contributed by atoms with Crippen LogP contribution in [0.5, 0.6) is 0 Å². The largest absolute Gasteiger partial charge is 0.395 e. The number of amides is 1. The molecule has 1 aromatic rings. The molecule has 1 aliphatic heterocycles. The first kappa shape index (κ1) is 13.4. The number of aromatic amines is 1. The molecule has 0 radical (unpaired) electrons. The van der Waals surface area contributed by atoms with E-state index in [1.165, 1.54) is 12.8 Å². The normalized spacial score (nSPS) is 23.4. The lowest BCUT2D eigenvalue weighted by molar-refractivity contribution is 0.0933. The number of hydrogen-bond acceptors (Lipinski definition) is 4. The van der Waals surface area contributed by atoms with E-state index in [4.69, 9.17) is 5.73 Å². The molecule has 0 spiro atoms. The zero-order valence-electron chi connectivity index (χ0n) is 12.1. The van der Waals surface area contributed by atoms with Gasteiger partial charge in [0.25, 0.3) is 5.91 Å². The van der Waals surface area contributed by atoms with Gasteiger partial charge in [0.1, 0.15) is 0 Å². The van der Waals surface area contributed by atoms with Crippen LogP contribution in [0.2, 0.25) is 0 Å². The highest BCUT2D eigenvalue weighted by Gasteiger charge is 2.35. The molecule has 1 aliphatic carbocycles. The number of nitrogens with one attached hydrogen (secondary N) is 2. The highest BCUT2D eigenvalue weighted by Crippen LogP contribution is 2.30. The van der Waals surface area contributed by atoms with Crippen LogP contribution in [0, 0.1) is 0 Å². The van der Waals surface area contributed by atoms with Gasteiger partial charge in [-0.15, -0.1) is 0 Å². The zero-order valence-corrected chi connectivity index (χ0v) is 12.1. The fourth-order valence-electron chi connectivity index (χ4n) is 2.91. The zero-order chi connectivity index (χ0) is 14.3. The van der Waals surface area contributed by atoms with Gasteiger partial charge in [0.05, 0.1) is 11.4 Å². The predicted octanol–water partition coefficient (Wildman–Crippen LogP) is 1.08.